The van der Waals surface area contributed by atoms with Crippen LogP contribution in [0.5, 0.6) is 5.75 Å². The second kappa shape index (κ2) is 6.08. The van der Waals surface area contributed by atoms with Crippen LogP contribution in [-0.4, -0.2) is 27.7 Å². The van der Waals surface area contributed by atoms with Crippen molar-refractivity contribution in [1.29, 1.82) is 5.26 Å². The van der Waals surface area contributed by atoms with Crippen molar-refractivity contribution in [1.82, 2.24) is 9.55 Å². The van der Waals surface area contributed by atoms with Crippen molar-refractivity contribution < 1.29 is 14.6 Å². The second-order valence-electron chi connectivity index (χ2n) is 6.02. The lowest BCUT2D eigenvalue weighted by molar-refractivity contribution is 0.0596. The molecule has 132 valence electrons. The van der Waals surface area contributed by atoms with Gasteiger partial charge >= 0.3 is 5.97 Å². The number of hydrogen-bond donors (Lipinski definition) is 2. The Kier molecular flexibility index (Phi) is 4.04. The van der Waals surface area contributed by atoms with E-state index >= 15 is 0 Å². The minimum Gasteiger partial charge on any atom is -0.508 e. The maximum Gasteiger partial charge on any atom is 0.358 e. The van der Waals surface area contributed by atoms with Gasteiger partial charge in [-0.25, -0.2) is 9.78 Å². The molecule has 3 aromatic rings. The van der Waals surface area contributed by atoms with Crippen LogP contribution in [0.2, 0.25) is 0 Å². The summed E-state index contributed by atoms with van der Waals surface area (Å²) in [7, 11) is 3.02. The number of methoxy groups -OCH3 is 1. The average molecular weight is 350 g/mol. The Morgan fingerprint density at radius 1 is 1.38 bits per heavy atom. The summed E-state index contributed by atoms with van der Waals surface area (Å²) in [6.45, 7) is 3.55. The van der Waals surface area contributed by atoms with Crippen LogP contribution in [0.25, 0.3) is 22.2 Å². The third kappa shape index (κ3) is 2.27. The van der Waals surface area contributed by atoms with Gasteiger partial charge in [-0.2, -0.15) is 5.26 Å². The van der Waals surface area contributed by atoms with E-state index in [0.717, 1.165) is 0 Å². The lowest BCUT2D eigenvalue weighted by Crippen LogP contribution is -2.11. The average Bonchev–Trinajstić information content (AvgIpc) is 2.87. The molecule has 2 heterocycles. The maximum absolute atomic E-state index is 12.2. The molecule has 0 fully saturated rings. The molecule has 0 spiro atoms. The van der Waals surface area contributed by atoms with Crippen molar-refractivity contribution >= 4 is 22.7 Å². The van der Waals surface area contributed by atoms with Gasteiger partial charge in [0.1, 0.15) is 17.5 Å². The molecule has 0 saturated heterocycles. The van der Waals surface area contributed by atoms with E-state index in [1.54, 1.807) is 43.7 Å². The summed E-state index contributed by atoms with van der Waals surface area (Å²) in [6, 6.07) is 7.23. The van der Waals surface area contributed by atoms with E-state index in [1.165, 1.54) is 7.11 Å². The first-order valence-electron chi connectivity index (χ1n) is 7.89. The standard InChI is InChI=1S/C19H18N4O3/c1-9-11(6-5-7-13(9)24)14-15-12(8-20)10(2)23(3)18(15)22-17(16(14)21)19(25)26-4/h5-7,24H,21H2,1-4H3. The molecule has 0 aliphatic carbocycles. The number of carbonyl (C=O) groups is 1. The molecule has 7 heteroatoms. The Bertz CT molecular complexity index is 1110. The first kappa shape index (κ1) is 17.3. The molecular formula is C19H18N4O3. The molecule has 1 aromatic carbocycles. The number of rotatable bonds is 2. The number of nitriles is 1. The van der Waals surface area contributed by atoms with Crippen LogP contribution in [0, 0.1) is 25.2 Å². The summed E-state index contributed by atoms with van der Waals surface area (Å²) in [6.07, 6.45) is 0. The minimum absolute atomic E-state index is 0.0252. The molecule has 3 rings (SSSR count). The number of aromatic nitrogens is 2. The number of phenols is 1. The molecule has 0 aliphatic heterocycles. The number of ether oxygens (including phenoxy) is 1. The molecule has 0 unspecified atom stereocenters. The van der Waals surface area contributed by atoms with E-state index < -0.39 is 5.97 Å². The number of nitrogens with two attached hydrogens (primary N) is 1. The van der Waals surface area contributed by atoms with Crippen LogP contribution < -0.4 is 5.73 Å². The number of anilines is 1. The van der Waals surface area contributed by atoms with Crippen LogP contribution in [0.15, 0.2) is 18.2 Å². The van der Waals surface area contributed by atoms with Crippen molar-refractivity contribution in [2.45, 2.75) is 13.8 Å². The van der Waals surface area contributed by atoms with Crippen LogP contribution >= 0.6 is 0 Å². The Morgan fingerprint density at radius 3 is 2.69 bits per heavy atom. The highest BCUT2D eigenvalue weighted by Gasteiger charge is 2.26. The smallest absolute Gasteiger partial charge is 0.358 e. The molecule has 2 aromatic heterocycles. The van der Waals surface area contributed by atoms with Gasteiger partial charge in [0.05, 0.1) is 18.4 Å². The van der Waals surface area contributed by atoms with Gasteiger partial charge in [0.25, 0.3) is 0 Å². The number of esters is 1. The second-order valence-corrected chi connectivity index (χ2v) is 6.02. The van der Waals surface area contributed by atoms with Crippen LogP contribution in [0.3, 0.4) is 0 Å². The fourth-order valence-electron chi connectivity index (χ4n) is 3.14. The SMILES string of the molecule is COC(=O)c1nc2c(c(C#N)c(C)n2C)c(-c2cccc(O)c2C)c1N. The van der Waals surface area contributed by atoms with Gasteiger partial charge in [0.15, 0.2) is 5.69 Å². The largest absolute Gasteiger partial charge is 0.508 e. The molecule has 3 N–H and O–H groups in total. The van der Waals surface area contributed by atoms with E-state index in [9.17, 15) is 15.2 Å². The molecule has 26 heavy (non-hydrogen) atoms. The molecule has 0 saturated carbocycles. The highest BCUT2D eigenvalue weighted by Crippen LogP contribution is 2.41. The zero-order valence-electron chi connectivity index (χ0n) is 14.9. The molecule has 0 aliphatic rings. The van der Waals surface area contributed by atoms with E-state index in [0.29, 0.717) is 39.0 Å². The van der Waals surface area contributed by atoms with Gasteiger partial charge in [-0.3, -0.25) is 0 Å². The molecule has 0 atom stereocenters. The number of hydrogen-bond acceptors (Lipinski definition) is 6. The minimum atomic E-state index is -0.666. The fourth-order valence-corrected chi connectivity index (χ4v) is 3.14. The highest BCUT2D eigenvalue weighted by molar-refractivity contribution is 6.10. The molecular weight excluding hydrogens is 332 g/mol. The first-order chi connectivity index (χ1) is 12.3. The number of benzene rings is 1. The topological polar surface area (TPSA) is 114 Å². The Morgan fingerprint density at radius 2 is 2.08 bits per heavy atom. The summed E-state index contributed by atoms with van der Waals surface area (Å²) in [5.41, 5.74) is 9.67. The predicted molar refractivity (Wildman–Crippen MR) is 97.8 cm³/mol. The zero-order valence-corrected chi connectivity index (χ0v) is 14.9. The van der Waals surface area contributed by atoms with Crippen molar-refractivity contribution in [3.05, 3.63) is 40.7 Å². The van der Waals surface area contributed by atoms with Crippen LogP contribution in [0.1, 0.15) is 27.3 Å². The Labute approximate surface area is 150 Å². The zero-order chi connectivity index (χ0) is 19.2. The van der Waals surface area contributed by atoms with Crippen LogP contribution in [-0.2, 0) is 11.8 Å². The third-order valence-corrected chi connectivity index (χ3v) is 4.71. The summed E-state index contributed by atoms with van der Waals surface area (Å²) >= 11 is 0. The van der Waals surface area contributed by atoms with Gasteiger partial charge in [0.2, 0.25) is 0 Å². The monoisotopic (exact) mass is 350 g/mol. The third-order valence-electron chi connectivity index (χ3n) is 4.71. The molecule has 7 nitrogen and oxygen atoms in total. The van der Waals surface area contributed by atoms with Crippen molar-refractivity contribution in [2.75, 3.05) is 12.8 Å². The van der Waals surface area contributed by atoms with E-state index in [-0.39, 0.29) is 17.1 Å². The fraction of sp³-hybridized carbons (Fsp3) is 0.211. The normalized spacial score (nSPS) is 10.7. The van der Waals surface area contributed by atoms with Gasteiger partial charge in [0, 0.05) is 23.7 Å². The Hall–Kier alpha value is -3.53. The van der Waals surface area contributed by atoms with Gasteiger partial charge in [-0.05, 0) is 31.0 Å². The predicted octanol–water partition coefficient (Wildman–Crippen LogP) is 2.80. The summed E-state index contributed by atoms with van der Waals surface area (Å²) < 4.78 is 6.55. The number of fused-ring (bicyclic) bond motifs is 1. The van der Waals surface area contributed by atoms with Gasteiger partial charge in [-0.15, -0.1) is 0 Å². The lowest BCUT2D eigenvalue weighted by Gasteiger charge is -2.14. The number of aromatic hydroxyl groups is 1. The van der Waals surface area contributed by atoms with Crippen molar-refractivity contribution in [3.8, 4) is 22.9 Å². The summed E-state index contributed by atoms with van der Waals surface area (Å²) in [4.78, 5) is 16.6. The summed E-state index contributed by atoms with van der Waals surface area (Å²) in [5, 5.41) is 20.3. The highest BCUT2D eigenvalue weighted by atomic mass is 16.5. The van der Waals surface area contributed by atoms with Crippen molar-refractivity contribution in [2.24, 2.45) is 7.05 Å². The number of phenolic OH excluding ortho intramolecular Hbond substituents is 1. The number of nitrogen functional groups attached to an aromatic ring is 1. The lowest BCUT2D eigenvalue weighted by atomic mass is 9.94. The summed E-state index contributed by atoms with van der Waals surface area (Å²) in [5.74, 6) is -0.571. The number of aryl methyl sites for hydroxylation is 1. The van der Waals surface area contributed by atoms with Crippen LogP contribution in [0.4, 0.5) is 5.69 Å². The number of nitrogens with zero attached hydrogens (tertiary/aromatic N) is 3. The number of carbonyl (C=O) groups excluding carboxylic acids is 1. The van der Waals surface area contributed by atoms with E-state index in [2.05, 4.69) is 11.1 Å². The molecule has 0 amide bonds. The quantitative estimate of drug-likeness (QED) is 0.687. The van der Waals surface area contributed by atoms with E-state index in [4.69, 9.17) is 10.5 Å². The van der Waals surface area contributed by atoms with Crippen molar-refractivity contribution in [3.63, 3.8) is 0 Å². The first-order valence-corrected chi connectivity index (χ1v) is 7.89. The molecule has 0 radical (unpaired) electrons. The Balaban J connectivity index is 2.60. The van der Waals surface area contributed by atoms with Gasteiger partial charge < -0.3 is 20.1 Å². The van der Waals surface area contributed by atoms with Gasteiger partial charge in [-0.1, -0.05) is 12.1 Å². The number of pyridine rings is 1. The maximum atomic E-state index is 12.2. The van der Waals surface area contributed by atoms with E-state index in [1.807, 2.05) is 0 Å². The molecule has 0 bridgehead atoms.